The number of alkyl halides is 6. The summed E-state index contributed by atoms with van der Waals surface area (Å²) in [7, 11) is 0. The maximum atomic E-state index is 12.7. The van der Waals surface area contributed by atoms with Crippen LogP contribution in [0.2, 0.25) is 0 Å². The lowest BCUT2D eigenvalue weighted by Gasteiger charge is -2.15. The van der Waals surface area contributed by atoms with Crippen LogP contribution in [0.1, 0.15) is 23.0 Å². The molecule has 0 amide bonds. The predicted molar refractivity (Wildman–Crippen MR) is 54.7 cm³/mol. The molecule has 1 heterocycles. The molecule has 0 aliphatic rings. The highest BCUT2D eigenvalue weighted by Crippen LogP contribution is 2.36. The fourth-order valence-corrected chi connectivity index (χ4v) is 1.29. The molecule has 0 aromatic carbocycles. The first-order valence-corrected chi connectivity index (χ1v) is 5.23. The second-order valence-corrected chi connectivity index (χ2v) is 3.52. The van der Waals surface area contributed by atoms with E-state index in [1.54, 1.807) is 4.98 Å². The number of halogens is 6. The number of esters is 1. The Morgan fingerprint density at radius 1 is 1.24 bits per heavy atom. The summed E-state index contributed by atoms with van der Waals surface area (Å²) in [5.74, 6) is -3.32. The van der Waals surface area contributed by atoms with Crippen LogP contribution in [0.4, 0.5) is 26.3 Å². The van der Waals surface area contributed by atoms with E-state index in [1.165, 1.54) is 6.92 Å². The summed E-state index contributed by atoms with van der Waals surface area (Å²) < 4.78 is 81.6. The number of rotatable bonds is 3. The third kappa shape index (κ3) is 4.39. The van der Waals surface area contributed by atoms with Gasteiger partial charge in [-0.2, -0.15) is 13.2 Å². The molecule has 21 heavy (non-hydrogen) atoms. The van der Waals surface area contributed by atoms with Gasteiger partial charge in [0.25, 0.3) is 5.56 Å². The highest BCUT2D eigenvalue weighted by Gasteiger charge is 2.41. The molecular weight excluding hydrogens is 312 g/mol. The van der Waals surface area contributed by atoms with Crippen molar-refractivity contribution in [3.05, 3.63) is 27.7 Å². The fraction of sp³-hybridized carbons (Fsp3) is 0.400. The van der Waals surface area contributed by atoms with Crippen LogP contribution < -0.4 is 10.3 Å². The van der Waals surface area contributed by atoms with Gasteiger partial charge in [-0.1, -0.05) is 0 Å². The standard InChI is InChI=1S/C10H7F6NO4/c1-2-20-8(19)5-3-4(9(11,12)13)6(7(18)17-5)21-10(14,15)16/h3H,2H2,1H3,(H,17,18). The Labute approximate surface area is 112 Å². The predicted octanol–water partition coefficient (Wildman–Crippen LogP) is 2.47. The average Bonchev–Trinajstić information content (AvgIpc) is 2.28. The van der Waals surface area contributed by atoms with Crippen LogP contribution in [0.15, 0.2) is 10.9 Å². The molecule has 1 rings (SSSR count). The molecule has 0 unspecified atom stereocenters. The first kappa shape index (κ1) is 16.9. The van der Waals surface area contributed by atoms with E-state index in [-0.39, 0.29) is 12.7 Å². The molecule has 0 aliphatic heterocycles. The molecule has 1 aromatic rings. The first-order valence-electron chi connectivity index (χ1n) is 5.23. The number of carbonyl (C=O) groups excluding carboxylic acids is 1. The van der Waals surface area contributed by atoms with Crippen molar-refractivity contribution in [1.82, 2.24) is 4.98 Å². The molecule has 0 atom stereocenters. The van der Waals surface area contributed by atoms with Crippen LogP contribution in [0, 0.1) is 0 Å². The first-order chi connectivity index (χ1) is 9.45. The van der Waals surface area contributed by atoms with E-state index in [9.17, 15) is 35.9 Å². The lowest BCUT2D eigenvalue weighted by atomic mass is 10.2. The molecule has 0 spiro atoms. The Morgan fingerprint density at radius 2 is 1.81 bits per heavy atom. The smallest absolute Gasteiger partial charge is 0.461 e. The van der Waals surface area contributed by atoms with Gasteiger partial charge in [-0.05, 0) is 13.0 Å². The molecular formula is C10H7F6NO4. The van der Waals surface area contributed by atoms with Crippen molar-refractivity contribution in [1.29, 1.82) is 0 Å². The number of aromatic nitrogens is 1. The molecule has 0 radical (unpaired) electrons. The van der Waals surface area contributed by atoms with Gasteiger partial charge in [-0.3, -0.25) is 4.79 Å². The number of carbonyl (C=O) groups is 1. The lowest BCUT2D eigenvalue weighted by Crippen LogP contribution is -2.28. The van der Waals surface area contributed by atoms with Crippen molar-refractivity contribution in [2.24, 2.45) is 0 Å². The van der Waals surface area contributed by atoms with Gasteiger partial charge >= 0.3 is 18.5 Å². The minimum atomic E-state index is -5.50. The summed E-state index contributed by atoms with van der Waals surface area (Å²) >= 11 is 0. The monoisotopic (exact) mass is 319 g/mol. The Balaban J connectivity index is 3.46. The second kappa shape index (κ2) is 5.66. The van der Waals surface area contributed by atoms with Gasteiger partial charge in [0, 0.05) is 0 Å². The maximum absolute atomic E-state index is 12.7. The summed E-state index contributed by atoms with van der Waals surface area (Å²) in [5.41, 5.74) is -4.83. The number of pyridine rings is 1. The molecule has 1 aromatic heterocycles. The Kier molecular flexibility index (Phi) is 4.54. The van der Waals surface area contributed by atoms with Gasteiger partial charge in [0.15, 0.2) is 0 Å². The van der Waals surface area contributed by atoms with Crippen LogP contribution in [-0.2, 0) is 10.9 Å². The van der Waals surface area contributed by atoms with Gasteiger partial charge in [0.2, 0.25) is 5.75 Å². The molecule has 0 bridgehead atoms. The Bertz CT molecular complexity index is 589. The number of nitrogens with one attached hydrogen (secondary N) is 1. The van der Waals surface area contributed by atoms with Crippen molar-refractivity contribution in [2.75, 3.05) is 6.61 Å². The molecule has 118 valence electrons. The third-order valence-electron chi connectivity index (χ3n) is 2.01. The van der Waals surface area contributed by atoms with E-state index in [0.29, 0.717) is 0 Å². The third-order valence-corrected chi connectivity index (χ3v) is 2.01. The quantitative estimate of drug-likeness (QED) is 0.686. The van der Waals surface area contributed by atoms with Crippen LogP contribution in [-0.4, -0.2) is 23.9 Å². The summed E-state index contributed by atoms with van der Waals surface area (Å²) in [6.45, 7) is 1.14. The van der Waals surface area contributed by atoms with Crippen molar-refractivity contribution in [3.8, 4) is 5.75 Å². The van der Waals surface area contributed by atoms with Crippen molar-refractivity contribution in [2.45, 2.75) is 19.5 Å². The van der Waals surface area contributed by atoms with Gasteiger partial charge in [-0.15, -0.1) is 13.2 Å². The zero-order valence-corrected chi connectivity index (χ0v) is 10.2. The van der Waals surface area contributed by atoms with Crippen LogP contribution in [0.25, 0.3) is 0 Å². The maximum Gasteiger partial charge on any atom is 0.573 e. The highest BCUT2D eigenvalue weighted by atomic mass is 19.4. The van der Waals surface area contributed by atoms with Gasteiger partial charge < -0.3 is 14.5 Å². The highest BCUT2D eigenvalue weighted by molar-refractivity contribution is 5.87. The SMILES string of the molecule is CCOC(=O)c1cc(C(F)(F)F)c(OC(F)(F)F)c(=O)[nH]1. The van der Waals surface area contributed by atoms with Gasteiger partial charge in [0.05, 0.1) is 6.61 Å². The summed E-state index contributed by atoms with van der Waals surface area (Å²) in [5, 5.41) is 0. The van der Waals surface area contributed by atoms with Crippen LogP contribution in [0.5, 0.6) is 5.75 Å². The lowest BCUT2D eigenvalue weighted by molar-refractivity contribution is -0.276. The number of H-pyrrole nitrogens is 1. The number of ether oxygens (including phenoxy) is 2. The normalized spacial score (nSPS) is 12.1. The number of aromatic amines is 1. The fourth-order valence-electron chi connectivity index (χ4n) is 1.29. The van der Waals surface area contributed by atoms with Gasteiger partial charge in [0.1, 0.15) is 11.3 Å². The minimum Gasteiger partial charge on any atom is -0.461 e. The van der Waals surface area contributed by atoms with Crippen molar-refractivity contribution < 1.29 is 40.6 Å². The van der Waals surface area contributed by atoms with Crippen molar-refractivity contribution >= 4 is 5.97 Å². The molecule has 0 aliphatic carbocycles. The summed E-state index contributed by atoms with van der Waals surface area (Å²) in [6, 6.07) is 0.0144. The summed E-state index contributed by atoms with van der Waals surface area (Å²) in [4.78, 5) is 24.1. The minimum absolute atomic E-state index is 0.0144. The van der Waals surface area contributed by atoms with E-state index >= 15 is 0 Å². The van der Waals surface area contributed by atoms with Crippen LogP contribution >= 0.6 is 0 Å². The number of hydrogen-bond donors (Lipinski definition) is 1. The topological polar surface area (TPSA) is 68.4 Å². The van der Waals surface area contributed by atoms with E-state index in [4.69, 9.17) is 0 Å². The van der Waals surface area contributed by atoms with E-state index < -0.39 is 41.1 Å². The molecule has 5 nitrogen and oxygen atoms in total. The molecule has 0 saturated carbocycles. The Hall–Kier alpha value is -2.20. The largest absolute Gasteiger partial charge is 0.573 e. The van der Waals surface area contributed by atoms with Crippen molar-refractivity contribution in [3.63, 3.8) is 0 Å². The van der Waals surface area contributed by atoms with E-state index in [1.807, 2.05) is 0 Å². The molecule has 11 heteroatoms. The molecule has 0 saturated heterocycles. The average molecular weight is 319 g/mol. The Morgan fingerprint density at radius 3 is 2.24 bits per heavy atom. The second-order valence-electron chi connectivity index (χ2n) is 3.52. The molecule has 1 N–H and O–H groups in total. The zero-order valence-electron chi connectivity index (χ0n) is 10.2. The number of hydrogen-bond acceptors (Lipinski definition) is 4. The van der Waals surface area contributed by atoms with E-state index in [2.05, 4.69) is 9.47 Å². The van der Waals surface area contributed by atoms with E-state index in [0.717, 1.165) is 0 Å². The zero-order chi connectivity index (χ0) is 16.4. The van der Waals surface area contributed by atoms with Gasteiger partial charge in [-0.25, -0.2) is 4.79 Å². The molecule has 0 fully saturated rings. The van der Waals surface area contributed by atoms with Crippen LogP contribution in [0.3, 0.4) is 0 Å². The summed E-state index contributed by atoms with van der Waals surface area (Å²) in [6.07, 6.45) is -10.8.